The van der Waals surface area contributed by atoms with Gasteiger partial charge in [-0.25, -0.2) is 0 Å². The average molecular weight is 1100 g/mol. The number of carbonyl (C=O) groups excluding carboxylic acids is 1. The van der Waals surface area contributed by atoms with E-state index in [0.29, 0.717) is 0 Å². The number of esters is 1. The number of cyclic esters (lactones) is 1. The fourth-order valence-electron chi connectivity index (χ4n) is 9.62. The van der Waals surface area contributed by atoms with Crippen LogP contribution in [0.25, 0.3) is 0 Å². The predicted octanol–water partition coefficient (Wildman–Crippen LogP) is 1.78. The van der Waals surface area contributed by atoms with E-state index in [1.54, 1.807) is 91.7 Å². The SMILES string of the molecule is C[C@@H]1[C@H](O)[C@@H](C)C=CC=CC=CC=CC=CC=CC=C[C@H](O[C@@H]2O[C@H](C)[C@@H](O)[C@H](N(CCCC(=O)O)CCCC(=O)O)[C@@H]2O)C[C@@H]2O[C@](O)(C[C@@H](O)C[C@@H](O)[C@H](O)CC[C@@H](O)C[C@@H](O)CC(=O)O[C@H]1C)C[C@H](O)[C@H]2C(=O)O. The minimum absolute atomic E-state index is 0.0416. The van der Waals surface area contributed by atoms with Crippen molar-refractivity contribution >= 4 is 23.9 Å². The van der Waals surface area contributed by atoms with Gasteiger partial charge in [-0.15, -0.1) is 0 Å². The highest BCUT2D eigenvalue weighted by molar-refractivity contribution is 5.72. The van der Waals surface area contributed by atoms with Crippen LogP contribution < -0.4 is 0 Å². The van der Waals surface area contributed by atoms with Crippen molar-refractivity contribution in [3.63, 3.8) is 0 Å². The van der Waals surface area contributed by atoms with E-state index in [2.05, 4.69) is 0 Å². The Bertz CT molecular complexity index is 2000. The Labute approximate surface area is 450 Å². The Morgan fingerprint density at radius 2 is 1.17 bits per heavy atom. The first-order valence-corrected chi connectivity index (χ1v) is 26.4. The molecule has 0 aromatic rings. The third kappa shape index (κ3) is 23.8. The molecule has 3 heterocycles. The zero-order chi connectivity index (χ0) is 57.4. The zero-order valence-corrected chi connectivity index (χ0v) is 44.4. The number of aliphatic hydroxyl groups is 10. The van der Waals surface area contributed by atoms with Gasteiger partial charge in [-0.2, -0.15) is 0 Å². The molecule has 3 rings (SSSR count). The van der Waals surface area contributed by atoms with E-state index in [1.165, 1.54) is 19.1 Å². The fourth-order valence-corrected chi connectivity index (χ4v) is 9.62. The lowest BCUT2D eigenvalue weighted by atomic mass is 9.82. The van der Waals surface area contributed by atoms with E-state index in [0.717, 1.165) is 0 Å². The summed E-state index contributed by atoms with van der Waals surface area (Å²) in [4.78, 5) is 49.8. The highest BCUT2D eigenvalue weighted by Gasteiger charge is 2.51. The molecule has 22 nitrogen and oxygen atoms in total. The van der Waals surface area contributed by atoms with E-state index >= 15 is 0 Å². The molecule has 19 atom stereocenters. The van der Waals surface area contributed by atoms with Gasteiger partial charge >= 0.3 is 23.9 Å². The van der Waals surface area contributed by atoms with Crippen LogP contribution in [0.15, 0.2) is 85.1 Å². The van der Waals surface area contributed by atoms with E-state index in [9.17, 15) is 85.6 Å². The van der Waals surface area contributed by atoms with Crippen molar-refractivity contribution in [2.75, 3.05) is 13.1 Å². The Kier molecular flexibility index (Phi) is 29.3. The van der Waals surface area contributed by atoms with Crippen molar-refractivity contribution in [3.8, 4) is 0 Å². The van der Waals surface area contributed by atoms with Crippen LogP contribution in [0.1, 0.15) is 105 Å². The number of aliphatic hydroxyl groups excluding tert-OH is 9. The molecule has 13 N–H and O–H groups in total. The summed E-state index contributed by atoms with van der Waals surface area (Å²) >= 11 is 0. The molecular formula is C55H85NO21. The molecule has 0 aliphatic carbocycles. The van der Waals surface area contributed by atoms with Gasteiger partial charge in [0, 0.05) is 50.4 Å². The second kappa shape index (κ2) is 33.8. The van der Waals surface area contributed by atoms with Crippen molar-refractivity contribution in [2.45, 2.75) is 202 Å². The molecule has 0 amide bonds. The predicted molar refractivity (Wildman–Crippen MR) is 278 cm³/mol. The molecule has 0 unspecified atom stereocenters. The van der Waals surface area contributed by atoms with Gasteiger partial charge in [-0.3, -0.25) is 24.1 Å². The summed E-state index contributed by atoms with van der Waals surface area (Å²) in [5.41, 5.74) is 0. The minimum Gasteiger partial charge on any atom is -0.481 e. The number of aliphatic carboxylic acids is 3. The molecule has 0 aromatic heterocycles. The van der Waals surface area contributed by atoms with Crippen LogP contribution >= 0.6 is 0 Å². The Balaban J connectivity index is 1.97. The van der Waals surface area contributed by atoms with E-state index in [1.807, 2.05) is 6.92 Å². The van der Waals surface area contributed by atoms with Crippen LogP contribution in [0.5, 0.6) is 0 Å². The van der Waals surface area contributed by atoms with Gasteiger partial charge < -0.3 is 85.3 Å². The van der Waals surface area contributed by atoms with Gasteiger partial charge in [-0.1, -0.05) is 98.9 Å². The monoisotopic (exact) mass is 1100 g/mol. The number of fused-ring (bicyclic) bond motifs is 2. The first-order valence-electron chi connectivity index (χ1n) is 26.4. The number of carbonyl (C=O) groups is 4. The number of hydrogen-bond donors (Lipinski definition) is 13. The average Bonchev–Trinajstić information content (AvgIpc) is 3.33. The van der Waals surface area contributed by atoms with Crippen molar-refractivity contribution < 1.29 is 105 Å². The molecular weight excluding hydrogens is 1010 g/mol. The van der Waals surface area contributed by atoms with Gasteiger partial charge in [0.25, 0.3) is 0 Å². The number of nitrogens with zero attached hydrogens (tertiary/aromatic N) is 1. The van der Waals surface area contributed by atoms with Crippen molar-refractivity contribution in [1.29, 1.82) is 0 Å². The maximum absolute atomic E-state index is 12.7. The standard InChI is InChI=1S/C55H85NO21/c1-33-19-15-13-11-9-7-5-6-8-10-12-14-16-20-40(76-54-52(70)49(51(69)36(4)75-54)56(25-17-21-45(63)64)26-18-22-46(65)66)30-44-48(53(71)72)43(62)32-55(73,77-44)31-39(59)28-42(61)41(60)24-23-37(57)27-38(58)29-47(67)74-35(3)34(2)50(33)68/h5-16,19-20,33-44,48-52,54,57-62,68-70,73H,17-18,21-32H2,1-4H3,(H,63,64)(H,65,66)(H,71,72)/t33-,34-,35-,36+,37+,38+,39-,40-,41+,42+,43-,44-,48+,49-,50+,51+,52-,54-,55+/m0/s1. The van der Waals surface area contributed by atoms with Gasteiger partial charge in [0.05, 0.1) is 79.6 Å². The smallest absolute Gasteiger partial charge is 0.311 e. The molecule has 0 spiro atoms. The van der Waals surface area contributed by atoms with Crippen molar-refractivity contribution in [3.05, 3.63) is 85.1 Å². The summed E-state index contributed by atoms with van der Waals surface area (Å²) in [7, 11) is 0. The summed E-state index contributed by atoms with van der Waals surface area (Å²) in [6, 6.07) is -1.16. The summed E-state index contributed by atoms with van der Waals surface area (Å²) in [5, 5.41) is 140. The molecule has 2 saturated heterocycles. The molecule has 0 radical (unpaired) electrons. The molecule has 0 saturated carbocycles. The largest absolute Gasteiger partial charge is 0.481 e. The molecule has 436 valence electrons. The molecule has 2 fully saturated rings. The minimum atomic E-state index is -2.41. The summed E-state index contributed by atoms with van der Waals surface area (Å²) in [6.07, 6.45) is 1.06. The lowest BCUT2D eigenvalue weighted by Crippen LogP contribution is -2.64. The van der Waals surface area contributed by atoms with Crippen LogP contribution in [0.2, 0.25) is 0 Å². The van der Waals surface area contributed by atoms with E-state index in [-0.39, 0.29) is 64.0 Å². The van der Waals surface area contributed by atoms with Crippen molar-refractivity contribution in [2.24, 2.45) is 17.8 Å². The summed E-state index contributed by atoms with van der Waals surface area (Å²) < 4.78 is 23.8. The number of carboxylic acid groups (broad SMARTS) is 3. The zero-order valence-electron chi connectivity index (χ0n) is 44.4. The van der Waals surface area contributed by atoms with Gasteiger partial charge in [0.2, 0.25) is 0 Å². The molecule has 3 aliphatic heterocycles. The number of rotatable bonds is 12. The number of ether oxygens (including phenoxy) is 4. The molecule has 77 heavy (non-hydrogen) atoms. The Hall–Kier alpha value is -4.50. The fraction of sp³-hybridized carbons (Fsp3) is 0.673. The van der Waals surface area contributed by atoms with Crippen LogP contribution in [0.4, 0.5) is 0 Å². The first-order chi connectivity index (χ1) is 36.3. The lowest BCUT2D eigenvalue weighted by Gasteiger charge is -2.47. The second-order valence-corrected chi connectivity index (χ2v) is 20.5. The highest BCUT2D eigenvalue weighted by atomic mass is 16.7. The maximum atomic E-state index is 12.7. The number of carboxylic acids is 3. The van der Waals surface area contributed by atoms with Crippen LogP contribution in [-0.4, -0.2) is 206 Å². The third-order valence-corrected chi connectivity index (χ3v) is 14.0. The quantitative estimate of drug-likeness (QED) is 0.124. The topological polar surface area (TPSA) is 371 Å². The Morgan fingerprint density at radius 3 is 1.71 bits per heavy atom. The van der Waals surface area contributed by atoms with Gasteiger partial charge in [-0.05, 0) is 59.0 Å². The maximum Gasteiger partial charge on any atom is 0.311 e. The van der Waals surface area contributed by atoms with Gasteiger partial charge in [0.15, 0.2) is 12.1 Å². The summed E-state index contributed by atoms with van der Waals surface area (Å²) in [5.74, 6) is -9.32. The second-order valence-electron chi connectivity index (χ2n) is 20.5. The Morgan fingerprint density at radius 1 is 0.623 bits per heavy atom. The lowest BCUT2D eigenvalue weighted by molar-refractivity contribution is -0.312. The molecule has 3 aliphatic rings. The van der Waals surface area contributed by atoms with Crippen LogP contribution in [0, 0.1) is 17.8 Å². The highest BCUT2D eigenvalue weighted by Crippen LogP contribution is 2.38. The van der Waals surface area contributed by atoms with Crippen molar-refractivity contribution in [1.82, 2.24) is 4.90 Å². The van der Waals surface area contributed by atoms with Crippen LogP contribution in [-0.2, 0) is 38.1 Å². The van der Waals surface area contributed by atoms with E-state index in [4.69, 9.17) is 18.9 Å². The normalized spacial score (nSPS) is 37.3. The third-order valence-electron chi connectivity index (χ3n) is 14.0. The van der Waals surface area contributed by atoms with E-state index < -0.39 is 165 Å². The molecule has 2 bridgehead atoms. The molecule has 22 heteroatoms. The first kappa shape index (κ1) is 66.8. The van der Waals surface area contributed by atoms with Gasteiger partial charge in [0.1, 0.15) is 18.1 Å². The number of hydrogen-bond acceptors (Lipinski definition) is 19. The summed E-state index contributed by atoms with van der Waals surface area (Å²) in [6.45, 7) is 6.76. The van der Waals surface area contributed by atoms with Crippen LogP contribution in [0.3, 0.4) is 0 Å². The number of allylic oxidation sites excluding steroid dienone is 12. The molecule has 0 aromatic carbocycles.